The first-order chi connectivity index (χ1) is 17.4. The summed E-state index contributed by atoms with van der Waals surface area (Å²) >= 11 is 0. The van der Waals surface area contributed by atoms with E-state index in [1.165, 1.54) is 0 Å². The summed E-state index contributed by atoms with van der Waals surface area (Å²) in [6, 6.07) is 23.8. The average molecular weight is 493 g/mol. The van der Waals surface area contributed by atoms with E-state index in [4.69, 9.17) is 18.9 Å². The third-order valence-corrected chi connectivity index (χ3v) is 6.47. The Morgan fingerprint density at radius 3 is 2.28 bits per heavy atom. The smallest absolute Gasteiger partial charge is 0.199 e. The molecule has 0 aliphatic carbocycles. The lowest BCUT2D eigenvalue weighted by Crippen LogP contribution is -2.59. The van der Waals surface area contributed by atoms with Crippen molar-refractivity contribution >= 4 is 5.78 Å². The average Bonchev–Trinajstić information content (AvgIpc) is 2.91. The van der Waals surface area contributed by atoms with Crippen LogP contribution in [0.2, 0.25) is 0 Å². The van der Waals surface area contributed by atoms with E-state index in [1.54, 1.807) is 25.1 Å². The Kier molecular flexibility index (Phi) is 7.04. The van der Waals surface area contributed by atoms with Crippen LogP contribution in [0.5, 0.6) is 11.5 Å². The Morgan fingerprint density at radius 1 is 0.861 bits per heavy atom. The molecule has 1 fully saturated rings. The highest BCUT2D eigenvalue weighted by Gasteiger charge is 2.47. The number of aliphatic hydroxyl groups is 3. The normalized spacial score (nSPS) is 29.8. The lowest BCUT2D eigenvalue weighted by molar-refractivity contribution is -0.304. The van der Waals surface area contributed by atoms with E-state index in [-0.39, 0.29) is 5.78 Å². The maximum absolute atomic E-state index is 13.6. The van der Waals surface area contributed by atoms with Gasteiger partial charge in [0, 0.05) is 6.07 Å². The molecule has 2 heterocycles. The second kappa shape index (κ2) is 10.4. The van der Waals surface area contributed by atoms with Crippen molar-refractivity contribution in [1.82, 2.24) is 0 Å². The highest BCUT2D eigenvalue weighted by Crippen LogP contribution is 2.40. The van der Waals surface area contributed by atoms with Crippen LogP contribution in [0.3, 0.4) is 0 Å². The third-order valence-electron chi connectivity index (χ3n) is 6.47. The quantitative estimate of drug-likeness (QED) is 0.481. The molecule has 1 saturated heterocycles. The maximum atomic E-state index is 13.6. The molecule has 36 heavy (non-hydrogen) atoms. The van der Waals surface area contributed by atoms with Crippen molar-refractivity contribution < 1.29 is 39.1 Å². The summed E-state index contributed by atoms with van der Waals surface area (Å²) < 4.78 is 23.7. The van der Waals surface area contributed by atoms with Gasteiger partial charge in [0.1, 0.15) is 36.4 Å². The molecule has 3 N–H and O–H groups in total. The maximum Gasteiger partial charge on any atom is 0.199 e. The monoisotopic (exact) mass is 492 g/mol. The fraction of sp³-hybridized carbons (Fsp3) is 0.321. The Labute approximate surface area is 208 Å². The van der Waals surface area contributed by atoms with Crippen molar-refractivity contribution in [3.63, 3.8) is 0 Å². The topological polar surface area (TPSA) is 115 Å². The lowest BCUT2D eigenvalue weighted by Gasteiger charge is -2.42. The summed E-state index contributed by atoms with van der Waals surface area (Å²) in [5, 5.41) is 30.7. The molecule has 0 radical (unpaired) electrons. The van der Waals surface area contributed by atoms with Gasteiger partial charge in [-0.2, -0.15) is 0 Å². The van der Waals surface area contributed by atoms with Gasteiger partial charge in [0.25, 0.3) is 0 Å². The minimum absolute atomic E-state index is 0.304. The molecular weight excluding hydrogens is 464 g/mol. The van der Waals surface area contributed by atoms with E-state index in [9.17, 15) is 20.1 Å². The molecule has 7 atom stereocenters. The van der Waals surface area contributed by atoms with Crippen molar-refractivity contribution in [2.75, 3.05) is 0 Å². The highest BCUT2D eigenvalue weighted by molar-refractivity contribution is 6.03. The SMILES string of the molecule is C[C@@H]1O[C@@H](O[C@@H]2C(=O)c3ccc(OCc4ccccc4)cc3O[C@H]2c2ccccc2)[C@H](O)[C@H](O)[C@H]1O. The summed E-state index contributed by atoms with van der Waals surface area (Å²) in [6.07, 6.45) is -8.45. The number of benzene rings is 3. The van der Waals surface area contributed by atoms with Crippen LogP contribution in [0.1, 0.15) is 34.5 Å². The Bertz CT molecular complexity index is 1180. The number of rotatable bonds is 6. The van der Waals surface area contributed by atoms with Crippen molar-refractivity contribution in [1.29, 1.82) is 0 Å². The van der Waals surface area contributed by atoms with E-state index in [1.807, 2.05) is 60.7 Å². The largest absolute Gasteiger partial charge is 0.489 e. The molecular formula is C28H28O8. The van der Waals surface area contributed by atoms with Gasteiger partial charge in [-0.25, -0.2) is 0 Å². The molecule has 188 valence electrons. The second-order valence-corrected chi connectivity index (χ2v) is 8.98. The number of ether oxygens (including phenoxy) is 4. The zero-order chi connectivity index (χ0) is 25.2. The summed E-state index contributed by atoms with van der Waals surface area (Å²) in [6.45, 7) is 1.92. The molecule has 0 saturated carbocycles. The Hall–Kier alpha value is -3.27. The lowest BCUT2D eigenvalue weighted by atomic mass is 9.92. The summed E-state index contributed by atoms with van der Waals surface area (Å²) in [4.78, 5) is 13.6. The number of carbonyl (C=O) groups is 1. The molecule has 0 spiro atoms. The van der Waals surface area contributed by atoms with Gasteiger partial charge >= 0.3 is 0 Å². The van der Waals surface area contributed by atoms with Crippen molar-refractivity contribution in [2.24, 2.45) is 0 Å². The fourth-order valence-corrected chi connectivity index (χ4v) is 4.41. The van der Waals surface area contributed by atoms with Crippen LogP contribution in [0.25, 0.3) is 0 Å². The molecule has 0 aromatic heterocycles. The molecule has 2 aliphatic heterocycles. The minimum Gasteiger partial charge on any atom is -0.489 e. The van der Waals surface area contributed by atoms with Crippen molar-refractivity contribution in [3.8, 4) is 11.5 Å². The van der Waals surface area contributed by atoms with E-state index in [0.29, 0.717) is 29.2 Å². The first kappa shape index (κ1) is 24.4. The molecule has 2 aliphatic rings. The number of aliphatic hydroxyl groups excluding tert-OH is 3. The Balaban J connectivity index is 1.42. The summed E-state index contributed by atoms with van der Waals surface area (Å²) in [5.41, 5.74) is 2.00. The van der Waals surface area contributed by atoms with Crippen molar-refractivity contribution in [2.45, 2.75) is 56.4 Å². The second-order valence-electron chi connectivity index (χ2n) is 8.98. The van der Waals surface area contributed by atoms with E-state index >= 15 is 0 Å². The first-order valence-electron chi connectivity index (χ1n) is 11.8. The molecule has 3 aromatic carbocycles. The van der Waals surface area contributed by atoms with Crippen LogP contribution in [0.15, 0.2) is 78.9 Å². The van der Waals surface area contributed by atoms with Crippen LogP contribution >= 0.6 is 0 Å². The van der Waals surface area contributed by atoms with Crippen LogP contribution in [0.4, 0.5) is 0 Å². The van der Waals surface area contributed by atoms with Gasteiger partial charge < -0.3 is 34.3 Å². The van der Waals surface area contributed by atoms with Crippen LogP contribution < -0.4 is 9.47 Å². The number of fused-ring (bicyclic) bond motifs is 1. The molecule has 8 heteroatoms. The van der Waals surface area contributed by atoms with Gasteiger partial charge in [0.2, 0.25) is 0 Å². The predicted molar refractivity (Wildman–Crippen MR) is 129 cm³/mol. The highest BCUT2D eigenvalue weighted by atomic mass is 16.7. The number of carbonyl (C=O) groups excluding carboxylic acids is 1. The van der Waals surface area contributed by atoms with Crippen LogP contribution in [0, 0.1) is 0 Å². The molecule has 0 bridgehead atoms. The zero-order valence-electron chi connectivity index (χ0n) is 19.6. The van der Waals surface area contributed by atoms with Gasteiger partial charge in [-0.15, -0.1) is 0 Å². The predicted octanol–water partition coefficient (Wildman–Crippen LogP) is 2.79. The molecule has 0 unspecified atom stereocenters. The van der Waals surface area contributed by atoms with Crippen LogP contribution in [-0.2, 0) is 16.1 Å². The number of Topliss-reactive ketones (excluding diaryl/α,β-unsaturated/α-hetero) is 1. The standard InChI is InChI=1S/C28H28O8/c1-16-22(29)24(31)25(32)28(34-16)36-27-23(30)20-13-12-19(33-15-17-8-4-2-5-9-17)14-21(20)35-26(27)18-10-6-3-7-11-18/h2-14,16,22,24-29,31-32H,15H2,1H3/t16-,22-,24+,25+,26-,27+,28-/m0/s1. The van der Waals surface area contributed by atoms with Gasteiger partial charge in [-0.1, -0.05) is 60.7 Å². The van der Waals surface area contributed by atoms with Gasteiger partial charge in [0.05, 0.1) is 11.7 Å². The van der Waals surface area contributed by atoms with Gasteiger partial charge in [0.15, 0.2) is 24.3 Å². The number of hydrogen-bond acceptors (Lipinski definition) is 8. The minimum atomic E-state index is -1.55. The summed E-state index contributed by atoms with van der Waals surface area (Å²) in [7, 11) is 0. The van der Waals surface area contributed by atoms with E-state index < -0.39 is 42.9 Å². The van der Waals surface area contributed by atoms with Crippen molar-refractivity contribution in [3.05, 3.63) is 95.6 Å². The first-order valence-corrected chi connectivity index (χ1v) is 11.8. The third kappa shape index (κ3) is 4.86. The van der Waals surface area contributed by atoms with E-state index in [0.717, 1.165) is 5.56 Å². The molecule has 0 amide bonds. The molecule has 8 nitrogen and oxygen atoms in total. The Morgan fingerprint density at radius 2 is 1.56 bits per heavy atom. The number of hydrogen-bond donors (Lipinski definition) is 3. The molecule has 3 aromatic rings. The number of ketones is 1. The van der Waals surface area contributed by atoms with Gasteiger partial charge in [-0.05, 0) is 30.2 Å². The zero-order valence-corrected chi connectivity index (χ0v) is 19.6. The fourth-order valence-electron chi connectivity index (χ4n) is 4.41. The molecule has 5 rings (SSSR count). The van der Waals surface area contributed by atoms with Gasteiger partial charge in [-0.3, -0.25) is 4.79 Å². The van der Waals surface area contributed by atoms with Crippen LogP contribution in [-0.4, -0.2) is 57.9 Å². The summed E-state index contributed by atoms with van der Waals surface area (Å²) in [5.74, 6) is 0.547. The van der Waals surface area contributed by atoms with E-state index in [2.05, 4.69) is 0 Å².